The van der Waals surface area contributed by atoms with Crippen LogP contribution in [0.1, 0.15) is 13.8 Å². The SMILES string of the molecule is CC(Nc1ccc(Nc2ccccc2)cc1)C(C)Nc1ccc(Nc2ccccc2)cc1. The van der Waals surface area contributed by atoms with Gasteiger partial charge < -0.3 is 21.3 Å². The lowest BCUT2D eigenvalue weighted by Crippen LogP contribution is -2.34. The smallest absolute Gasteiger partial charge is 0.0431 e. The average molecular weight is 423 g/mol. The minimum absolute atomic E-state index is 0.255. The molecule has 0 fully saturated rings. The molecule has 2 atom stereocenters. The maximum Gasteiger partial charge on any atom is 0.0431 e. The summed E-state index contributed by atoms with van der Waals surface area (Å²) in [4.78, 5) is 0. The molecule has 0 aromatic heterocycles. The minimum Gasteiger partial charge on any atom is -0.381 e. The van der Waals surface area contributed by atoms with Crippen molar-refractivity contribution in [3.63, 3.8) is 0 Å². The van der Waals surface area contributed by atoms with E-state index in [1.807, 2.05) is 36.4 Å². The van der Waals surface area contributed by atoms with Crippen molar-refractivity contribution in [2.45, 2.75) is 25.9 Å². The normalized spacial score (nSPS) is 12.4. The Hall–Kier alpha value is -3.92. The Morgan fingerprint density at radius 3 is 1.00 bits per heavy atom. The lowest BCUT2D eigenvalue weighted by Gasteiger charge is -2.24. The third-order valence-corrected chi connectivity index (χ3v) is 5.43. The zero-order valence-corrected chi connectivity index (χ0v) is 18.5. The van der Waals surface area contributed by atoms with Gasteiger partial charge in [0.2, 0.25) is 0 Å². The van der Waals surface area contributed by atoms with Gasteiger partial charge in [-0.3, -0.25) is 0 Å². The molecule has 2 unspecified atom stereocenters. The molecule has 0 aliphatic heterocycles. The molecule has 4 rings (SSSR count). The minimum atomic E-state index is 0.255. The summed E-state index contributed by atoms with van der Waals surface area (Å²) in [6.07, 6.45) is 0. The van der Waals surface area contributed by atoms with E-state index < -0.39 is 0 Å². The fourth-order valence-corrected chi connectivity index (χ4v) is 3.45. The highest BCUT2D eigenvalue weighted by atomic mass is 15.0. The number of para-hydroxylation sites is 2. The highest BCUT2D eigenvalue weighted by Crippen LogP contribution is 2.21. The summed E-state index contributed by atoms with van der Waals surface area (Å²) in [6, 6.07) is 37.7. The molecule has 4 heteroatoms. The lowest BCUT2D eigenvalue weighted by molar-refractivity contribution is 0.677. The van der Waals surface area contributed by atoms with E-state index in [2.05, 4.69) is 108 Å². The number of hydrogen-bond donors (Lipinski definition) is 4. The second-order valence-corrected chi connectivity index (χ2v) is 8.00. The standard InChI is InChI=1S/C28H30N4/c1-21(29-25-13-17-27(18-14-25)31-23-9-5-3-6-10-23)22(2)30-26-15-19-28(20-16-26)32-24-11-7-4-8-12-24/h3-22,29-32H,1-2H3. The molecule has 0 aliphatic carbocycles. The van der Waals surface area contributed by atoms with Gasteiger partial charge in [-0.25, -0.2) is 0 Å². The van der Waals surface area contributed by atoms with E-state index in [4.69, 9.17) is 0 Å². The predicted molar refractivity (Wildman–Crippen MR) is 139 cm³/mol. The first kappa shape index (κ1) is 21.3. The van der Waals surface area contributed by atoms with E-state index in [9.17, 15) is 0 Å². The molecule has 4 aromatic rings. The van der Waals surface area contributed by atoms with Crippen LogP contribution in [0.15, 0.2) is 109 Å². The summed E-state index contributed by atoms with van der Waals surface area (Å²) in [5.41, 5.74) is 6.53. The summed E-state index contributed by atoms with van der Waals surface area (Å²) in [6.45, 7) is 4.39. The van der Waals surface area contributed by atoms with Crippen molar-refractivity contribution in [1.29, 1.82) is 0 Å². The molecule has 0 radical (unpaired) electrons. The third kappa shape index (κ3) is 6.05. The van der Waals surface area contributed by atoms with Gasteiger partial charge in [0.15, 0.2) is 0 Å². The van der Waals surface area contributed by atoms with Gasteiger partial charge in [0, 0.05) is 46.2 Å². The van der Waals surface area contributed by atoms with Crippen LogP contribution in [0.5, 0.6) is 0 Å². The van der Waals surface area contributed by atoms with Crippen LogP contribution in [-0.4, -0.2) is 12.1 Å². The van der Waals surface area contributed by atoms with Crippen molar-refractivity contribution in [3.8, 4) is 0 Å². The van der Waals surface area contributed by atoms with E-state index in [1.54, 1.807) is 0 Å². The van der Waals surface area contributed by atoms with E-state index in [0.717, 1.165) is 34.1 Å². The lowest BCUT2D eigenvalue weighted by atomic mass is 10.1. The Kier molecular flexibility index (Phi) is 6.93. The Bertz CT molecular complexity index is 987. The van der Waals surface area contributed by atoms with Crippen LogP contribution in [0.2, 0.25) is 0 Å². The number of nitrogens with one attached hydrogen (secondary N) is 4. The number of benzene rings is 4. The molecule has 0 saturated heterocycles. The maximum atomic E-state index is 3.59. The van der Waals surface area contributed by atoms with E-state index >= 15 is 0 Å². The van der Waals surface area contributed by atoms with Crippen LogP contribution in [0, 0.1) is 0 Å². The first-order chi connectivity index (χ1) is 15.7. The van der Waals surface area contributed by atoms with Crippen LogP contribution in [0.3, 0.4) is 0 Å². The number of anilines is 6. The molecular weight excluding hydrogens is 392 g/mol. The zero-order valence-electron chi connectivity index (χ0n) is 18.5. The Morgan fingerprint density at radius 2 is 0.656 bits per heavy atom. The molecule has 162 valence electrons. The molecule has 0 saturated carbocycles. The van der Waals surface area contributed by atoms with Crippen LogP contribution in [0.25, 0.3) is 0 Å². The summed E-state index contributed by atoms with van der Waals surface area (Å²) in [7, 11) is 0. The van der Waals surface area contributed by atoms with Gasteiger partial charge in [-0.2, -0.15) is 0 Å². The van der Waals surface area contributed by atoms with Crippen molar-refractivity contribution in [1.82, 2.24) is 0 Å². The Morgan fingerprint density at radius 1 is 0.375 bits per heavy atom. The number of rotatable bonds is 9. The molecule has 0 heterocycles. The van der Waals surface area contributed by atoms with Crippen LogP contribution >= 0.6 is 0 Å². The fourth-order valence-electron chi connectivity index (χ4n) is 3.45. The van der Waals surface area contributed by atoms with Gasteiger partial charge in [-0.05, 0) is 86.6 Å². The van der Waals surface area contributed by atoms with Crippen LogP contribution in [0.4, 0.5) is 34.1 Å². The van der Waals surface area contributed by atoms with Crippen LogP contribution in [-0.2, 0) is 0 Å². The Balaban J connectivity index is 1.28. The maximum absolute atomic E-state index is 3.59. The number of hydrogen-bond acceptors (Lipinski definition) is 4. The summed E-state index contributed by atoms with van der Waals surface area (Å²) < 4.78 is 0. The average Bonchev–Trinajstić information content (AvgIpc) is 2.83. The molecule has 0 spiro atoms. The molecule has 0 bridgehead atoms. The van der Waals surface area contributed by atoms with Gasteiger partial charge >= 0.3 is 0 Å². The van der Waals surface area contributed by atoms with Gasteiger partial charge in [-0.1, -0.05) is 36.4 Å². The molecule has 4 N–H and O–H groups in total. The molecule has 4 nitrogen and oxygen atoms in total. The monoisotopic (exact) mass is 422 g/mol. The second kappa shape index (κ2) is 10.4. The van der Waals surface area contributed by atoms with E-state index in [1.165, 1.54) is 0 Å². The highest BCUT2D eigenvalue weighted by molar-refractivity contribution is 5.64. The largest absolute Gasteiger partial charge is 0.381 e. The van der Waals surface area contributed by atoms with E-state index in [0.29, 0.717) is 0 Å². The fraction of sp³-hybridized carbons (Fsp3) is 0.143. The predicted octanol–water partition coefficient (Wildman–Crippen LogP) is 7.47. The molecule has 32 heavy (non-hydrogen) atoms. The summed E-state index contributed by atoms with van der Waals surface area (Å²) in [5.74, 6) is 0. The third-order valence-electron chi connectivity index (χ3n) is 5.43. The zero-order chi connectivity index (χ0) is 22.2. The second-order valence-electron chi connectivity index (χ2n) is 8.00. The highest BCUT2D eigenvalue weighted by Gasteiger charge is 2.12. The van der Waals surface area contributed by atoms with Crippen molar-refractivity contribution < 1.29 is 0 Å². The van der Waals surface area contributed by atoms with Crippen molar-refractivity contribution in [2.75, 3.05) is 21.3 Å². The van der Waals surface area contributed by atoms with Gasteiger partial charge in [-0.15, -0.1) is 0 Å². The molecular formula is C28H30N4. The molecule has 0 aliphatic rings. The Labute approximate surface area is 190 Å². The van der Waals surface area contributed by atoms with Crippen LogP contribution < -0.4 is 21.3 Å². The van der Waals surface area contributed by atoms with Crippen molar-refractivity contribution in [3.05, 3.63) is 109 Å². The van der Waals surface area contributed by atoms with Crippen molar-refractivity contribution >= 4 is 34.1 Å². The topological polar surface area (TPSA) is 48.1 Å². The quantitative estimate of drug-likeness (QED) is 0.226. The van der Waals surface area contributed by atoms with Gasteiger partial charge in [0.25, 0.3) is 0 Å². The summed E-state index contributed by atoms with van der Waals surface area (Å²) >= 11 is 0. The van der Waals surface area contributed by atoms with Gasteiger partial charge in [0.05, 0.1) is 0 Å². The first-order valence-corrected chi connectivity index (χ1v) is 11.0. The van der Waals surface area contributed by atoms with E-state index in [-0.39, 0.29) is 12.1 Å². The van der Waals surface area contributed by atoms with Crippen molar-refractivity contribution in [2.24, 2.45) is 0 Å². The summed E-state index contributed by atoms with van der Waals surface area (Å²) in [5, 5.41) is 14.0. The molecule has 0 amide bonds. The molecule has 4 aromatic carbocycles. The van der Waals surface area contributed by atoms with Gasteiger partial charge in [0.1, 0.15) is 0 Å². The first-order valence-electron chi connectivity index (χ1n) is 11.0.